The Morgan fingerprint density at radius 1 is 0.969 bits per heavy atom. The maximum absolute atomic E-state index is 12.3. The molecule has 1 amide bonds. The molecule has 3 rings (SSSR count). The van der Waals surface area contributed by atoms with E-state index in [4.69, 9.17) is 18.6 Å². The number of hydrogen-bond donors (Lipinski definition) is 1. The summed E-state index contributed by atoms with van der Waals surface area (Å²) in [6.45, 7) is 1.15. The quantitative estimate of drug-likeness (QED) is 0.523. The molecule has 164 valence electrons. The molecule has 0 aliphatic carbocycles. The number of amides is 1. The number of anilines is 1. The second-order valence-electron chi connectivity index (χ2n) is 6.64. The van der Waals surface area contributed by atoms with E-state index in [2.05, 4.69) is 11.4 Å². The van der Waals surface area contributed by atoms with Crippen LogP contribution in [-0.2, 0) is 14.3 Å². The van der Waals surface area contributed by atoms with Gasteiger partial charge in [-0.25, -0.2) is 0 Å². The highest BCUT2D eigenvalue weighted by atomic mass is 16.5. The van der Waals surface area contributed by atoms with E-state index in [0.29, 0.717) is 33.9 Å². The van der Waals surface area contributed by atoms with Crippen LogP contribution in [0.15, 0.2) is 52.9 Å². The van der Waals surface area contributed by atoms with Gasteiger partial charge in [0.25, 0.3) is 5.91 Å². The van der Waals surface area contributed by atoms with Crippen molar-refractivity contribution in [3.05, 3.63) is 54.1 Å². The number of nitrogens with zero attached hydrogens (tertiary/aromatic N) is 1. The van der Waals surface area contributed by atoms with Crippen molar-refractivity contribution >= 4 is 17.8 Å². The van der Waals surface area contributed by atoms with Crippen molar-refractivity contribution in [2.75, 3.05) is 26.1 Å². The Morgan fingerprint density at radius 2 is 1.53 bits per heavy atom. The molecule has 1 N–H and O–H groups in total. The van der Waals surface area contributed by atoms with Crippen molar-refractivity contribution in [2.24, 2.45) is 0 Å². The molecule has 8 heteroatoms. The predicted octanol–water partition coefficient (Wildman–Crippen LogP) is 4.39. The molecule has 0 bridgehead atoms. The van der Waals surface area contributed by atoms with Crippen LogP contribution in [-0.4, -0.2) is 32.7 Å². The van der Waals surface area contributed by atoms with Gasteiger partial charge in [-0.15, -0.1) is 0 Å². The summed E-state index contributed by atoms with van der Waals surface area (Å²) >= 11 is 0. The van der Waals surface area contributed by atoms with Crippen LogP contribution in [0.4, 0.5) is 5.88 Å². The van der Waals surface area contributed by atoms with Gasteiger partial charge in [-0.3, -0.25) is 14.9 Å². The van der Waals surface area contributed by atoms with Crippen molar-refractivity contribution in [3.63, 3.8) is 0 Å². The van der Waals surface area contributed by atoms with Gasteiger partial charge < -0.3 is 18.6 Å². The fourth-order valence-electron chi connectivity index (χ4n) is 3.02. The van der Waals surface area contributed by atoms with Gasteiger partial charge in [-0.05, 0) is 42.0 Å². The third kappa shape index (κ3) is 4.90. The fraction of sp³-hybridized carbons (Fsp3) is 0.208. The molecule has 1 aromatic heterocycles. The summed E-state index contributed by atoms with van der Waals surface area (Å²) in [5.41, 5.74) is 2.05. The lowest BCUT2D eigenvalue weighted by atomic mass is 9.98. The maximum atomic E-state index is 12.3. The van der Waals surface area contributed by atoms with E-state index in [1.165, 1.54) is 0 Å². The number of esters is 1. The van der Waals surface area contributed by atoms with Crippen LogP contribution in [0.3, 0.4) is 0 Å². The number of benzene rings is 2. The molecule has 0 unspecified atom stereocenters. The summed E-state index contributed by atoms with van der Waals surface area (Å²) < 4.78 is 21.2. The van der Waals surface area contributed by atoms with Crippen molar-refractivity contribution in [2.45, 2.75) is 13.3 Å². The lowest BCUT2D eigenvalue weighted by Crippen LogP contribution is -2.20. The molecule has 2 aromatic carbocycles. The number of carbonyl (C=O) groups excluding carboxylic acids is 2. The summed E-state index contributed by atoms with van der Waals surface area (Å²) in [6.07, 6.45) is 0.153. The van der Waals surface area contributed by atoms with Gasteiger partial charge in [0.1, 0.15) is 28.9 Å². The second-order valence-corrected chi connectivity index (χ2v) is 6.64. The Labute approximate surface area is 185 Å². The highest BCUT2D eigenvalue weighted by molar-refractivity contribution is 5.96. The summed E-state index contributed by atoms with van der Waals surface area (Å²) in [4.78, 5) is 23.6. The first kappa shape index (κ1) is 22.4. The van der Waals surface area contributed by atoms with Crippen molar-refractivity contribution in [1.82, 2.24) is 0 Å². The number of furan rings is 1. The van der Waals surface area contributed by atoms with Gasteiger partial charge in [0, 0.05) is 17.5 Å². The molecule has 0 aliphatic rings. The number of hydrogen-bond acceptors (Lipinski definition) is 7. The zero-order chi connectivity index (χ0) is 23.1. The first-order valence-electron chi connectivity index (χ1n) is 9.81. The Kier molecular flexibility index (Phi) is 7.13. The molecule has 1 heterocycles. The van der Waals surface area contributed by atoms with Gasteiger partial charge in [0.2, 0.25) is 5.88 Å². The molecule has 0 radical (unpaired) electrons. The van der Waals surface area contributed by atoms with E-state index in [1.54, 1.807) is 69.7 Å². The lowest BCUT2D eigenvalue weighted by Gasteiger charge is -2.06. The van der Waals surface area contributed by atoms with E-state index in [0.717, 1.165) is 0 Å². The number of nitrogens with one attached hydrogen (secondary N) is 1. The minimum absolute atomic E-state index is 0.0262. The Balaban J connectivity index is 2.06. The van der Waals surface area contributed by atoms with Crippen molar-refractivity contribution in [1.29, 1.82) is 5.26 Å². The van der Waals surface area contributed by atoms with Crippen LogP contribution < -0.4 is 14.8 Å². The SMILES string of the molecule is CCC(=O)OCC(=O)Nc1oc(-c2ccc(OC)cc2)c(-c2ccc(OC)cc2)c1C#N. The summed E-state index contributed by atoms with van der Waals surface area (Å²) in [5, 5.41) is 12.4. The average molecular weight is 434 g/mol. The number of carbonyl (C=O) groups is 2. The number of nitriles is 1. The van der Waals surface area contributed by atoms with Crippen LogP contribution in [0.5, 0.6) is 11.5 Å². The van der Waals surface area contributed by atoms with Crippen LogP contribution in [0, 0.1) is 11.3 Å². The van der Waals surface area contributed by atoms with E-state index < -0.39 is 18.5 Å². The zero-order valence-corrected chi connectivity index (χ0v) is 17.9. The van der Waals surface area contributed by atoms with E-state index >= 15 is 0 Å². The molecular weight excluding hydrogens is 412 g/mol. The predicted molar refractivity (Wildman–Crippen MR) is 117 cm³/mol. The minimum atomic E-state index is -0.611. The first-order valence-corrected chi connectivity index (χ1v) is 9.81. The van der Waals surface area contributed by atoms with Crippen LogP contribution >= 0.6 is 0 Å². The molecule has 8 nitrogen and oxygen atoms in total. The fourth-order valence-corrected chi connectivity index (χ4v) is 3.02. The smallest absolute Gasteiger partial charge is 0.306 e. The lowest BCUT2D eigenvalue weighted by molar-refractivity contribution is -0.146. The topological polar surface area (TPSA) is 111 Å². The summed E-state index contributed by atoms with van der Waals surface area (Å²) in [5.74, 6) is 0.584. The van der Waals surface area contributed by atoms with E-state index in [-0.39, 0.29) is 17.9 Å². The van der Waals surface area contributed by atoms with Crippen LogP contribution in [0.1, 0.15) is 18.9 Å². The number of methoxy groups -OCH3 is 2. The number of rotatable bonds is 8. The summed E-state index contributed by atoms with van der Waals surface area (Å²) in [6, 6.07) is 16.4. The maximum Gasteiger partial charge on any atom is 0.306 e. The third-order valence-electron chi connectivity index (χ3n) is 4.66. The van der Waals surface area contributed by atoms with E-state index in [9.17, 15) is 14.9 Å². The first-order chi connectivity index (χ1) is 15.5. The molecule has 32 heavy (non-hydrogen) atoms. The molecule has 0 saturated heterocycles. The van der Waals surface area contributed by atoms with Gasteiger partial charge in [0.05, 0.1) is 14.2 Å². The van der Waals surface area contributed by atoms with Gasteiger partial charge in [0.15, 0.2) is 6.61 Å². The second kappa shape index (κ2) is 10.2. The standard InChI is InChI=1S/C24H22N2O6/c1-4-21(28)31-14-20(27)26-24-19(13-25)22(15-5-9-17(29-2)10-6-15)23(32-24)16-7-11-18(30-3)12-8-16/h5-12H,4,14H2,1-3H3,(H,26,27). The Hall–Kier alpha value is -4.25. The van der Waals surface area contributed by atoms with E-state index in [1.807, 2.05) is 0 Å². The third-order valence-corrected chi connectivity index (χ3v) is 4.66. The van der Waals surface area contributed by atoms with Crippen LogP contribution in [0.25, 0.3) is 22.5 Å². The molecule has 0 atom stereocenters. The summed E-state index contributed by atoms with van der Waals surface area (Å²) in [7, 11) is 3.13. The van der Waals surface area contributed by atoms with Crippen molar-refractivity contribution < 1.29 is 28.2 Å². The molecule has 0 fully saturated rings. The molecule has 0 aliphatic heterocycles. The largest absolute Gasteiger partial charge is 0.497 e. The normalized spacial score (nSPS) is 10.2. The molecule has 3 aromatic rings. The highest BCUT2D eigenvalue weighted by Crippen LogP contribution is 2.42. The minimum Gasteiger partial charge on any atom is -0.497 e. The number of ether oxygens (including phenoxy) is 3. The van der Waals surface area contributed by atoms with Crippen molar-refractivity contribution in [3.8, 4) is 40.0 Å². The average Bonchev–Trinajstić information content (AvgIpc) is 3.20. The zero-order valence-electron chi connectivity index (χ0n) is 17.9. The van der Waals surface area contributed by atoms with Gasteiger partial charge >= 0.3 is 5.97 Å². The molecule has 0 saturated carbocycles. The van der Waals surface area contributed by atoms with Crippen LogP contribution in [0.2, 0.25) is 0 Å². The van der Waals surface area contributed by atoms with Gasteiger partial charge in [-0.2, -0.15) is 5.26 Å². The molecular formula is C24H22N2O6. The highest BCUT2D eigenvalue weighted by Gasteiger charge is 2.24. The molecule has 0 spiro atoms. The van der Waals surface area contributed by atoms with Gasteiger partial charge in [-0.1, -0.05) is 19.1 Å². The Bertz CT molecular complexity index is 1140. The monoisotopic (exact) mass is 434 g/mol. The Morgan fingerprint density at radius 3 is 2.03 bits per heavy atom.